The molecule has 3 nitrogen and oxygen atoms in total. The minimum atomic E-state index is -3.30. The van der Waals surface area contributed by atoms with Gasteiger partial charge in [-0.2, -0.15) is 0 Å². The van der Waals surface area contributed by atoms with Gasteiger partial charge in [0, 0.05) is 5.92 Å². The summed E-state index contributed by atoms with van der Waals surface area (Å²) in [5.74, 6) is -0.128. The highest BCUT2D eigenvalue weighted by Gasteiger charge is 2.32. The van der Waals surface area contributed by atoms with E-state index in [9.17, 15) is 8.42 Å². The number of hydrogen-bond donors (Lipinski definition) is 1. The molecule has 0 aromatic heterocycles. The summed E-state index contributed by atoms with van der Waals surface area (Å²) in [5, 5.41) is 0. The number of nitrogens with two attached hydrogens (primary N) is 1. The van der Waals surface area contributed by atoms with Crippen LogP contribution in [0.5, 0.6) is 0 Å². The predicted molar refractivity (Wildman–Crippen MR) is 64.6 cm³/mol. The zero-order chi connectivity index (χ0) is 11.9. The van der Waals surface area contributed by atoms with Crippen molar-refractivity contribution in [2.45, 2.75) is 18.7 Å². The molecule has 0 amide bonds. The van der Waals surface area contributed by atoms with Crippen LogP contribution < -0.4 is 5.73 Å². The van der Waals surface area contributed by atoms with Crippen molar-refractivity contribution in [2.75, 3.05) is 6.54 Å². The maximum Gasteiger partial charge on any atom is 0.203 e. The van der Waals surface area contributed by atoms with Crippen LogP contribution in [0.4, 0.5) is 0 Å². The lowest BCUT2D eigenvalue weighted by Gasteiger charge is -2.09. The molecule has 1 atom stereocenters. The molecule has 86 valence electrons. The number of rotatable bonds is 2. The first-order valence-electron chi connectivity index (χ1n) is 5.25. The summed E-state index contributed by atoms with van der Waals surface area (Å²) in [6.45, 7) is 4.10. The highest BCUT2D eigenvalue weighted by molar-refractivity contribution is 7.95. The van der Waals surface area contributed by atoms with Crippen LogP contribution in [0.1, 0.15) is 18.1 Å². The molecule has 0 spiro atoms. The first-order chi connectivity index (χ1) is 7.48. The monoisotopic (exact) mass is 237 g/mol. The Morgan fingerprint density at radius 2 is 2.06 bits per heavy atom. The van der Waals surface area contributed by atoms with E-state index in [0.717, 1.165) is 11.1 Å². The third-order valence-electron chi connectivity index (χ3n) is 3.01. The average Bonchev–Trinajstić information content (AvgIpc) is 2.52. The molecule has 1 heterocycles. The van der Waals surface area contributed by atoms with Gasteiger partial charge in [0.2, 0.25) is 9.84 Å². The molecule has 2 N–H and O–H groups in total. The lowest BCUT2D eigenvalue weighted by molar-refractivity contribution is 0.594. The second kappa shape index (κ2) is 3.71. The van der Waals surface area contributed by atoms with Crippen molar-refractivity contribution in [3.05, 3.63) is 34.2 Å². The number of fused-ring (bicyclic) bond motifs is 1. The number of hydrogen-bond acceptors (Lipinski definition) is 3. The Bertz CT molecular complexity index is 558. The third kappa shape index (κ3) is 1.49. The van der Waals surface area contributed by atoms with Gasteiger partial charge < -0.3 is 5.73 Å². The van der Waals surface area contributed by atoms with Gasteiger partial charge in [-0.3, -0.25) is 0 Å². The van der Waals surface area contributed by atoms with Crippen molar-refractivity contribution in [3.8, 4) is 0 Å². The molecule has 1 unspecified atom stereocenters. The van der Waals surface area contributed by atoms with Crippen molar-refractivity contribution < 1.29 is 8.42 Å². The van der Waals surface area contributed by atoms with Crippen molar-refractivity contribution in [1.29, 1.82) is 0 Å². The van der Waals surface area contributed by atoms with Gasteiger partial charge >= 0.3 is 0 Å². The van der Waals surface area contributed by atoms with Gasteiger partial charge in [0.25, 0.3) is 0 Å². The first-order valence-corrected chi connectivity index (χ1v) is 6.73. The van der Waals surface area contributed by atoms with Gasteiger partial charge in [-0.05, 0) is 36.7 Å². The molecule has 4 heteroatoms. The zero-order valence-corrected chi connectivity index (χ0v) is 10.2. The Hall–Kier alpha value is -1.13. The van der Waals surface area contributed by atoms with Crippen LogP contribution in [0.3, 0.4) is 0 Å². The fourth-order valence-corrected chi connectivity index (χ4v) is 3.86. The highest BCUT2D eigenvalue weighted by Crippen LogP contribution is 2.37. The summed E-state index contributed by atoms with van der Waals surface area (Å²) in [6.07, 6.45) is 1.76. The minimum Gasteiger partial charge on any atom is -0.330 e. The summed E-state index contributed by atoms with van der Waals surface area (Å²) in [7, 11) is -3.30. The van der Waals surface area contributed by atoms with Crippen LogP contribution >= 0.6 is 0 Å². The van der Waals surface area contributed by atoms with Crippen molar-refractivity contribution in [2.24, 2.45) is 11.7 Å². The summed E-state index contributed by atoms with van der Waals surface area (Å²) in [6, 6.07) is 5.35. The van der Waals surface area contributed by atoms with E-state index in [4.69, 9.17) is 5.73 Å². The Kier molecular flexibility index (Phi) is 2.64. The maximum absolute atomic E-state index is 12.2. The SMILES string of the molecule is Cc1cccc2c1C=C(C(C)CN)S2(=O)=O. The minimum absolute atomic E-state index is 0.128. The van der Waals surface area contributed by atoms with Gasteiger partial charge in [-0.25, -0.2) is 8.42 Å². The quantitative estimate of drug-likeness (QED) is 0.852. The van der Waals surface area contributed by atoms with Crippen LogP contribution in [0.2, 0.25) is 0 Å². The van der Waals surface area contributed by atoms with E-state index in [2.05, 4.69) is 0 Å². The molecule has 0 saturated carbocycles. The molecule has 0 aliphatic carbocycles. The molecule has 2 rings (SSSR count). The normalized spacial score (nSPS) is 19.1. The van der Waals surface area contributed by atoms with E-state index in [1.807, 2.05) is 19.9 Å². The smallest absolute Gasteiger partial charge is 0.203 e. The summed E-state index contributed by atoms with van der Waals surface area (Å²) >= 11 is 0. The van der Waals surface area contributed by atoms with Crippen LogP contribution in [0.15, 0.2) is 28.0 Å². The Morgan fingerprint density at radius 3 is 2.62 bits per heavy atom. The highest BCUT2D eigenvalue weighted by atomic mass is 32.2. The fourth-order valence-electron chi connectivity index (χ4n) is 1.94. The van der Waals surface area contributed by atoms with E-state index in [1.54, 1.807) is 18.2 Å². The maximum atomic E-state index is 12.2. The predicted octanol–water partition coefficient (Wildman–Crippen LogP) is 1.72. The lowest BCUT2D eigenvalue weighted by atomic mass is 10.1. The molecule has 1 aliphatic rings. The first kappa shape index (κ1) is 11.4. The van der Waals surface area contributed by atoms with Crippen molar-refractivity contribution in [3.63, 3.8) is 0 Å². The lowest BCUT2D eigenvalue weighted by Crippen LogP contribution is -2.17. The number of benzene rings is 1. The molecule has 1 aliphatic heterocycles. The summed E-state index contributed by atoms with van der Waals surface area (Å²) in [4.78, 5) is 0.863. The van der Waals surface area contributed by atoms with Crippen LogP contribution in [-0.2, 0) is 9.84 Å². The Labute approximate surface area is 95.9 Å². The molecular weight excluding hydrogens is 222 g/mol. The molecule has 1 aromatic rings. The molecular formula is C12H15NO2S. The second-order valence-electron chi connectivity index (χ2n) is 4.17. The van der Waals surface area contributed by atoms with E-state index < -0.39 is 9.84 Å². The van der Waals surface area contributed by atoms with E-state index >= 15 is 0 Å². The van der Waals surface area contributed by atoms with Crippen LogP contribution in [0.25, 0.3) is 6.08 Å². The standard InChI is InChI=1S/C12H15NO2S/c1-8-4-3-5-11-10(8)6-12(9(2)7-13)16(11,14)15/h3-6,9H,7,13H2,1-2H3. The van der Waals surface area contributed by atoms with Gasteiger partial charge in [0.1, 0.15) is 0 Å². The second-order valence-corrected chi connectivity index (χ2v) is 6.09. The largest absolute Gasteiger partial charge is 0.330 e. The van der Waals surface area contributed by atoms with Gasteiger partial charge in [0.15, 0.2) is 0 Å². The molecule has 0 fully saturated rings. The van der Waals surface area contributed by atoms with Crippen LogP contribution in [0, 0.1) is 12.8 Å². The van der Waals surface area contributed by atoms with E-state index in [0.29, 0.717) is 16.3 Å². The Balaban J connectivity index is 2.66. The Morgan fingerprint density at radius 1 is 1.38 bits per heavy atom. The third-order valence-corrected chi connectivity index (χ3v) is 5.09. The molecule has 1 aromatic carbocycles. The van der Waals surface area contributed by atoms with Gasteiger partial charge in [0.05, 0.1) is 9.80 Å². The van der Waals surface area contributed by atoms with E-state index in [1.165, 1.54) is 0 Å². The topological polar surface area (TPSA) is 60.2 Å². The van der Waals surface area contributed by atoms with Gasteiger partial charge in [-0.1, -0.05) is 19.1 Å². The zero-order valence-electron chi connectivity index (χ0n) is 9.40. The van der Waals surface area contributed by atoms with E-state index in [-0.39, 0.29) is 5.92 Å². The molecule has 0 bridgehead atoms. The van der Waals surface area contributed by atoms with Crippen molar-refractivity contribution >= 4 is 15.9 Å². The fraction of sp³-hybridized carbons (Fsp3) is 0.333. The number of sulfone groups is 1. The molecule has 16 heavy (non-hydrogen) atoms. The average molecular weight is 237 g/mol. The molecule has 0 radical (unpaired) electrons. The summed E-state index contributed by atoms with van der Waals surface area (Å²) in [5.41, 5.74) is 7.34. The summed E-state index contributed by atoms with van der Waals surface area (Å²) < 4.78 is 24.4. The van der Waals surface area contributed by atoms with Gasteiger partial charge in [-0.15, -0.1) is 0 Å². The molecule has 0 saturated heterocycles. The van der Waals surface area contributed by atoms with Crippen LogP contribution in [-0.4, -0.2) is 15.0 Å². The van der Waals surface area contributed by atoms with Crippen molar-refractivity contribution in [1.82, 2.24) is 0 Å². The number of aryl methyl sites for hydroxylation is 1.